The molecule has 1 atom stereocenters. The molecule has 3 aromatic rings. The van der Waals surface area contributed by atoms with E-state index in [0.717, 1.165) is 19.0 Å². The molecule has 0 amide bonds. The van der Waals surface area contributed by atoms with Crippen molar-refractivity contribution in [3.63, 3.8) is 0 Å². The monoisotopic (exact) mass is 395 g/mol. The summed E-state index contributed by atoms with van der Waals surface area (Å²) >= 11 is 6.49. The highest BCUT2D eigenvalue weighted by Gasteiger charge is 2.31. The lowest BCUT2D eigenvalue weighted by Crippen LogP contribution is -2.33. The zero-order valence-corrected chi connectivity index (χ0v) is 14.8. The fraction of sp³-hybridized carbons (Fsp3) is 0.188. The summed E-state index contributed by atoms with van der Waals surface area (Å²) in [5, 5.41) is 20.5. The van der Waals surface area contributed by atoms with E-state index in [0.29, 0.717) is 11.3 Å². The van der Waals surface area contributed by atoms with Crippen LogP contribution < -0.4 is 0 Å². The van der Waals surface area contributed by atoms with E-state index < -0.39 is 5.60 Å². The molecule has 1 heterocycles. The number of nitrogens with zero attached hydrogens (tertiary/aromatic N) is 1. The third-order valence-corrected chi connectivity index (χ3v) is 6.43. The number of benzene rings is 2. The number of aliphatic hydroxyl groups excluding tert-OH is 1. The van der Waals surface area contributed by atoms with E-state index in [1.807, 2.05) is 48.5 Å². The Hall–Kier alpha value is -0.920. The quantitative estimate of drug-likeness (QED) is 0.640. The summed E-state index contributed by atoms with van der Waals surface area (Å²) in [5.74, 6) is 0.339. The van der Waals surface area contributed by atoms with Crippen LogP contribution in [0.25, 0.3) is 10.2 Å². The molecule has 3 rings (SSSR count). The second kappa shape index (κ2) is 6.68. The van der Waals surface area contributed by atoms with Gasteiger partial charge < -0.3 is 10.2 Å². The zero-order valence-electron chi connectivity index (χ0n) is 11.6. The number of rotatable bonds is 5. The van der Waals surface area contributed by atoms with Gasteiger partial charge in [0.25, 0.3) is 0 Å². The Morgan fingerprint density at radius 3 is 2.59 bits per heavy atom. The lowest BCUT2D eigenvalue weighted by atomic mass is 9.97. The van der Waals surface area contributed by atoms with Crippen LogP contribution >= 0.6 is 39.0 Å². The van der Waals surface area contributed by atoms with Crippen molar-refractivity contribution in [2.75, 3.05) is 12.4 Å². The molecule has 0 aliphatic heterocycles. The van der Waals surface area contributed by atoms with Crippen LogP contribution in [-0.2, 0) is 5.60 Å². The van der Waals surface area contributed by atoms with Gasteiger partial charge in [-0.1, -0.05) is 58.0 Å². The average molecular weight is 396 g/mol. The molecule has 1 aromatic heterocycles. The van der Waals surface area contributed by atoms with Crippen molar-refractivity contribution in [3.8, 4) is 0 Å². The fourth-order valence-electron chi connectivity index (χ4n) is 2.14. The summed E-state index contributed by atoms with van der Waals surface area (Å²) in [7, 11) is 0. The summed E-state index contributed by atoms with van der Waals surface area (Å²) in [6.45, 7) is -0.340. The van der Waals surface area contributed by atoms with Gasteiger partial charge in [0, 0.05) is 15.8 Å². The minimum atomic E-state index is -1.30. The Morgan fingerprint density at radius 2 is 1.86 bits per heavy atom. The molecular formula is C16H14BrNO2S2. The van der Waals surface area contributed by atoms with Gasteiger partial charge in [-0.3, -0.25) is 0 Å². The van der Waals surface area contributed by atoms with Crippen molar-refractivity contribution in [1.29, 1.82) is 0 Å². The molecule has 0 fully saturated rings. The van der Waals surface area contributed by atoms with Gasteiger partial charge in [-0.05, 0) is 18.2 Å². The Kier molecular flexibility index (Phi) is 4.84. The van der Waals surface area contributed by atoms with Crippen LogP contribution in [-0.4, -0.2) is 27.6 Å². The number of aromatic nitrogens is 1. The first-order valence-electron chi connectivity index (χ1n) is 6.69. The highest BCUT2D eigenvalue weighted by Crippen LogP contribution is 2.36. The molecule has 0 saturated carbocycles. The minimum Gasteiger partial charge on any atom is -0.393 e. The zero-order chi connectivity index (χ0) is 15.6. The van der Waals surface area contributed by atoms with Crippen LogP contribution in [0, 0.1) is 0 Å². The van der Waals surface area contributed by atoms with Gasteiger partial charge >= 0.3 is 0 Å². The van der Waals surface area contributed by atoms with E-state index in [2.05, 4.69) is 20.9 Å². The fourth-order valence-corrected chi connectivity index (χ4v) is 4.95. The van der Waals surface area contributed by atoms with Gasteiger partial charge in [-0.25, -0.2) is 4.98 Å². The molecule has 0 spiro atoms. The molecular weight excluding hydrogens is 382 g/mol. The largest absolute Gasteiger partial charge is 0.393 e. The maximum Gasteiger partial charge on any atom is 0.151 e. The number of halogens is 1. The van der Waals surface area contributed by atoms with E-state index in [1.54, 1.807) is 11.3 Å². The Balaban J connectivity index is 1.82. The van der Waals surface area contributed by atoms with Gasteiger partial charge in [0.05, 0.1) is 16.8 Å². The van der Waals surface area contributed by atoms with E-state index in [1.165, 1.54) is 11.8 Å². The number of para-hydroxylation sites is 1. The predicted octanol–water partition coefficient (Wildman–Crippen LogP) is 4.03. The number of thiazole rings is 1. The number of aliphatic hydroxyl groups is 2. The minimum absolute atomic E-state index is 0.339. The second-order valence-corrected chi connectivity index (χ2v) is 8.01. The number of hydrogen-bond acceptors (Lipinski definition) is 5. The molecule has 0 aliphatic rings. The predicted molar refractivity (Wildman–Crippen MR) is 95.5 cm³/mol. The first-order chi connectivity index (χ1) is 10.6. The second-order valence-electron chi connectivity index (χ2n) is 4.91. The van der Waals surface area contributed by atoms with Gasteiger partial charge in [0.1, 0.15) is 5.60 Å². The van der Waals surface area contributed by atoms with Crippen LogP contribution in [0.3, 0.4) is 0 Å². The molecule has 2 N–H and O–H groups in total. The molecule has 6 heteroatoms. The van der Waals surface area contributed by atoms with E-state index in [4.69, 9.17) is 0 Å². The highest BCUT2D eigenvalue weighted by atomic mass is 79.9. The first-order valence-corrected chi connectivity index (χ1v) is 9.28. The van der Waals surface area contributed by atoms with Crippen LogP contribution in [0.4, 0.5) is 0 Å². The van der Waals surface area contributed by atoms with Gasteiger partial charge in [-0.15, -0.1) is 11.3 Å². The molecule has 0 saturated heterocycles. The SMILES string of the molecule is OC[C@@](O)(CSc1nc2ccccc2s1)c1ccccc1Br. The Bertz CT molecular complexity index is 759. The summed E-state index contributed by atoms with van der Waals surface area (Å²) in [4.78, 5) is 4.54. The average Bonchev–Trinajstić information content (AvgIpc) is 2.96. The van der Waals surface area contributed by atoms with E-state index in [-0.39, 0.29) is 6.61 Å². The maximum atomic E-state index is 10.8. The molecule has 0 unspecified atom stereocenters. The summed E-state index contributed by atoms with van der Waals surface area (Å²) in [6, 6.07) is 15.4. The molecule has 22 heavy (non-hydrogen) atoms. The Labute approximate surface area is 145 Å². The van der Waals surface area contributed by atoms with Gasteiger partial charge in [-0.2, -0.15) is 0 Å². The standard InChI is InChI=1S/C16H14BrNO2S2/c17-12-6-2-1-5-11(12)16(20,9-19)10-21-15-18-13-7-3-4-8-14(13)22-15/h1-8,19-20H,9-10H2/t16-/m1/s1. The van der Waals surface area contributed by atoms with Crippen molar-refractivity contribution in [2.24, 2.45) is 0 Å². The molecule has 0 aliphatic carbocycles. The van der Waals surface area contributed by atoms with Gasteiger partial charge in [0.15, 0.2) is 4.34 Å². The van der Waals surface area contributed by atoms with Crippen molar-refractivity contribution in [3.05, 3.63) is 58.6 Å². The lowest BCUT2D eigenvalue weighted by molar-refractivity contribution is 0.00156. The van der Waals surface area contributed by atoms with Crippen molar-refractivity contribution in [1.82, 2.24) is 4.98 Å². The molecule has 2 aromatic carbocycles. The summed E-state index contributed by atoms with van der Waals surface area (Å²) in [5.41, 5.74) is 0.345. The van der Waals surface area contributed by atoms with E-state index >= 15 is 0 Å². The maximum absolute atomic E-state index is 10.8. The van der Waals surface area contributed by atoms with Crippen LogP contribution in [0.2, 0.25) is 0 Å². The molecule has 0 radical (unpaired) electrons. The lowest BCUT2D eigenvalue weighted by Gasteiger charge is -2.26. The third-order valence-electron chi connectivity index (χ3n) is 3.35. The number of thioether (sulfide) groups is 1. The van der Waals surface area contributed by atoms with Crippen LogP contribution in [0.1, 0.15) is 5.56 Å². The summed E-state index contributed by atoms with van der Waals surface area (Å²) < 4.78 is 2.80. The number of hydrogen-bond donors (Lipinski definition) is 2. The Morgan fingerprint density at radius 1 is 1.14 bits per heavy atom. The molecule has 3 nitrogen and oxygen atoms in total. The molecule has 114 valence electrons. The van der Waals surface area contributed by atoms with Gasteiger partial charge in [0.2, 0.25) is 0 Å². The number of fused-ring (bicyclic) bond motifs is 1. The van der Waals surface area contributed by atoms with Crippen molar-refractivity contribution < 1.29 is 10.2 Å². The van der Waals surface area contributed by atoms with E-state index in [9.17, 15) is 10.2 Å². The van der Waals surface area contributed by atoms with Crippen LogP contribution in [0.15, 0.2) is 57.3 Å². The highest BCUT2D eigenvalue weighted by molar-refractivity contribution is 9.10. The van der Waals surface area contributed by atoms with Crippen LogP contribution in [0.5, 0.6) is 0 Å². The third kappa shape index (κ3) is 3.21. The summed E-state index contributed by atoms with van der Waals surface area (Å²) in [6.07, 6.45) is 0. The smallest absolute Gasteiger partial charge is 0.151 e. The van der Waals surface area contributed by atoms with Crippen molar-refractivity contribution >= 4 is 49.2 Å². The van der Waals surface area contributed by atoms with Crippen molar-refractivity contribution in [2.45, 2.75) is 9.94 Å². The topological polar surface area (TPSA) is 53.4 Å². The first kappa shape index (κ1) is 16.0. The normalized spacial score (nSPS) is 14.1. The molecule has 0 bridgehead atoms.